The summed E-state index contributed by atoms with van der Waals surface area (Å²) in [5.41, 5.74) is 1.08. The molecule has 0 radical (unpaired) electrons. The number of hydrogen-bond acceptors (Lipinski definition) is 4. The second-order valence-electron chi connectivity index (χ2n) is 8.42. The predicted octanol–water partition coefficient (Wildman–Crippen LogP) is 5.52. The van der Waals surface area contributed by atoms with Crippen LogP contribution in [0.5, 0.6) is 5.75 Å². The maximum atomic E-state index is 13.7. The molecule has 176 valence electrons. The summed E-state index contributed by atoms with van der Waals surface area (Å²) in [6.45, 7) is 6.22. The number of para-hydroxylation sites is 3. The monoisotopic (exact) mass is 449 g/mol. The molecule has 33 heavy (non-hydrogen) atoms. The van der Waals surface area contributed by atoms with Crippen molar-refractivity contribution in [1.29, 1.82) is 0 Å². The quantitative estimate of drug-likeness (QED) is 0.409. The highest BCUT2D eigenvalue weighted by atomic mass is 16.5. The Hall–Kier alpha value is -3.15. The molecule has 1 amide bonds. The molecule has 6 nitrogen and oxygen atoms in total. The van der Waals surface area contributed by atoms with Crippen LogP contribution in [0.25, 0.3) is 16.6 Å². The normalized spacial score (nSPS) is 13.0. The lowest BCUT2D eigenvalue weighted by Crippen LogP contribution is -2.39. The molecular weight excluding hydrogens is 414 g/mol. The summed E-state index contributed by atoms with van der Waals surface area (Å²) in [5.74, 6) is 1.20. The average Bonchev–Trinajstić information content (AvgIpc) is 2.85. The van der Waals surface area contributed by atoms with Gasteiger partial charge in [0.15, 0.2) is 0 Å². The van der Waals surface area contributed by atoms with Crippen molar-refractivity contribution in [2.24, 2.45) is 5.92 Å². The van der Waals surface area contributed by atoms with E-state index in [0.717, 1.165) is 25.7 Å². The van der Waals surface area contributed by atoms with E-state index in [1.807, 2.05) is 56.4 Å². The maximum absolute atomic E-state index is 13.7. The Morgan fingerprint density at radius 2 is 1.76 bits per heavy atom. The molecule has 0 aliphatic carbocycles. The number of rotatable bonds is 10. The van der Waals surface area contributed by atoms with Crippen LogP contribution < -0.4 is 10.3 Å². The number of nitrogens with zero attached hydrogens (tertiary/aromatic N) is 3. The van der Waals surface area contributed by atoms with Gasteiger partial charge in [0.1, 0.15) is 11.6 Å². The molecule has 6 heteroatoms. The fraction of sp³-hybridized carbons (Fsp3) is 0.444. The van der Waals surface area contributed by atoms with Crippen LogP contribution in [-0.4, -0.2) is 34.5 Å². The molecule has 1 aromatic heterocycles. The number of carbonyl (C=O) groups excluding carboxylic acids is 1. The zero-order valence-corrected chi connectivity index (χ0v) is 20.4. The van der Waals surface area contributed by atoms with Gasteiger partial charge in [-0.2, -0.15) is 0 Å². The summed E-state index contributed by atoms with van der Waals surface area (Å²) >= 11 is 0. The minimum atomic E-state index is -0.351. The lowest BCUT2D eigenvalue weighted by Gasteiger charge is -2.32. The van der Waals surface area contributed by atoms with E-state index in [1.165, 1.54) is 0 Å². The van der Waals surface area contributed by atoms with Crippen LogP contribution in [0.4, 0.5) is 0 Å². The number of methoxy groups -OCH3 is 1. The average molecular weight is 450 g/mol. The first-order valence-electron chi connectivity index (χ1n) is 11.9. The highest BCUT2D eigenvalue weighted by Gasteiger charge is 2.30. The first-order valence-corrected chi connectivity index (χ1v) is 11.9. The molecule has 0 fully saturated rings. The van der Waals surface area contributed by atoms with E-state index in [1.54, 1.807) is 22.6 Å². The molecule has 3 rings (SSSR count). The van der Waals surface area contributed by atoms with E-state index in [0.29, 0.717) is 34.6 Å². The molecule has 0 spiro atoms. The molecule has 0 bridgehead atoms. The minimum Gasteiger partial charge on any atom is -0.495 e. The lowest BCUT2D eigenvalue weighted by atomic mass is 9.96. The van der Waals surface area contributed by atoms with Gasteiger partial charge in [-0.1, -0.05) is 57.9 Å². The largest absolute Gasteiger partial charge is 0.495 e. The van der Waals surface area contributed by atoms with E-state index in [2.05, 4.69) is 13.8 Å². The van der Waals surface area contributed by atoms with Crippen molar-refractivity contribution >= 4 is 16.8 Å². The molecule has 2 aromatic carbocycles. The third kappa shape index (κ3) is 4.95. The number of amides is 1. The van der Waals surface area contributed by atoms with Gasteiger partial charge in [0.25, 0.3) is 5.56 Å². The molecule has 0 saturated heterocycles. The standard InChI is InChI=1S/C27H35N3O3/c1-6-9-14-19(7-2)26(31)29(4)22(8-3)25-28-21-16-11-10-15-20(21)27(32)30(25)23-17-12-13-18-24(23)33-5/h10-13,15-19,22H,6-9,14H2,1-5H3. The number of unbranched alkanes of at least 4 members (excludes halogenated alkanes) is 1. The maximum Gasteiger partial charge on any atom is 0.266 e. The summed E-state index contributed by atoms with van der Waals surface area (Å²) in [7, 11) is 3.42. The Balaban J connectivity index is 2.21. The first kappa shape index (κ1) is 24.5. The smallest absolute Gasteiger partial charge is 0.266 e. The van der Waals surface area contributed by atoms with Crippen LogP contribution in [0.15, 0.2) is 53.3 Å². The summed E-state index contributed by atoms with van der Waals surface area (Å²) < 4.78 is 7.19. The van der Waals surface area contributed by atoms with Gasteiger partial charge >= 0.3 is 0 Å². The van der Waals surface area contributed by atoms with Gasteiger partial charge < -0.3 is 9.64 Å². The molecule has 1 heterocycles. The lowest BCUT2D eigenvalue weighted by molar-refractivity contribution is -0.137. The summed E-state index contributed by atoms with van der Waals surface area (Å²) in [4.78, 5) is 33.9. The second kappa shape index (κ2) is 11.1. The number of benzene rings is 2. The fourth-order valence-corrected chi connectivity index (χ4v) is 4.44. The zero-order chi connectivity index (χ0) is 24.0. The second-order valence-corrected chi connectivity index (χ2v) is 8.42. The Labute approximate surface area is 196 Å². The predicted molar refractivity (Wildman–Crippen MR) is 133 cm³/mol. The van der Waals surface area contributed by atoms with Gasteiger partial charge in [0.05, 0.1) is 29.7 Å². The highest BCUT2D eigenvalue weighted by molar-refractivity contribution is 5.80. The van der Waals surface area contributed by atoms with Gasteiger partial charge in [-0.05, 0) is 43.5 Å². The Morgan fingerprint density at radius 3 is 2.42 bits per heavy atom. The Bertz CT molecular complexity index is 1150. The van der Waals surface area contributed by atoms with Gasteiger partial charge in [0.2, 0.25) is 5.91 Å². The molecule has 0 saturated carbocycles. The summed E-state index contributed by atoms with van der Waals surface area (Å²) in [6.07, 6.45) is 4.38. The van der Waals surface area contributed by atoms with Gasteiger partial charge in [-0.3, -0.25) is 14.2 Å². The van der Waals surface area contributed by atoms with E-state index < -0.39 is 0 Å². The zero-order valence-electron chi connectivity index (χ0n) is 20.4. The third-order valence-electron chi connectivity index (χ3n) is 6.38. The molecular formula is C27H35N3O3. The van der Waals surface area contributed by atoms with Crippen LogP contribution in [0.2, 0.25) is 0 Å². The molecule has 0 aliphatic heterocycles. The topological polar surface area (TPSA) is 64.4 Å². The first-order chi connectivity index (χ1) is 16.0. The number of hydrogen-bond donors (Lipinski definition) is 0. The Morgan fingerprint density at radius 1 is 1.06 bits per heavy atom. The summed E-state index contributed by atoms with van der Waals surface area (Å²) in [6, 6.07) is 14.4. The van der Waals surface area contributed by atoms with Crippen molar-refractivity contribution in [3.63, 3.8) is 0 Å². The van der Waals surface area contributed by atoms with Gasteiger partial charge in [-0.15, -0.1) is 0 Å². The van der Waals surface area contributed by atoms with E-state index in [9.17, 15) is 9.59 Å². The van der Waals surface area contributed by atoms with Crippen LogP contribution in [0.3, 0.4) is 0 Å². The van der Waals surface area contributed by atoms with Crippen LogP contribution in [0.1, 0.15) is 64.7 Å². The number of ether oxygens (including phenoxy) is 1. The van der Waals surface area contributed by atoms with Crippen LogP contribution in [0, 0.1) is 5.92 Å². The van der Waals surface area contributed by atoms with Crippen LogP contribution >= 0.6 is 0 Å². The van der Waals surface area contributed by atoms with Crippen molar-refractivity contribution in [3.05, 3.63) is 64.7 Å². The summed E-state index contributed by atoms with van der Waals surface area (Å²) in [5, 5.41) is 0.533. The fourth-order valence-electron chi connectivity index (χ4n) is 4.44. The van der Waals surface area contributed by atoms with E-state index in [-0.39, 0.29) is 23.4 Å². The van der Waals surface area contributed by atoms with E-state index >= 15 is 0 Å². The molecule has 2 unspecified atom stereocenters. The van der Waals surface area contributed by atoms with Crippen molar-refractivity contribution in [1.82, 2.24) is 14.5 Å². The molecule has 0 aliphatic rings. The number of fused-ring (bicyclic) bond motifs is 1. The number of carbonyl (C=O) groups is 1. The molecule has 3 aromatic rings. The third-order valence-corrected chi connectivity index (χ3v) is 6.38. The SMILES string of the molecule is CCCCC(CC)C(=O)N(C)C(CC)c1nc2ccccc2c(=O)n1-c1ccccc1OC. The minimum absolute atomic E-state index is 0.0316. The highest BCUT2D eigenvalue weighted by Crippen LogP contribution is 2.30. The van der Waals surface area contributed by atoms with Gasteiger partial charge in [0, 0.05) is 13.0 Å². The molecule has 2 atom stereocenters. The number of aromatic nitrogens is 2. The van der Waals surface area contributed by atoms with Gasteiger partial charge in [-0.25, -0.2) is 4.98 Å². The molecule has 0 N–H and O–H groups in total. The Kier molecular flexibility index (Phi) is 8.26. The van der Waals surface area contributed by atoms with E-state index in [4.69, 9.17) is 9.72 Å². The van der Waals surface area contributed by atoms with Crippen molar-refractivity contribution in [2.75, 3.05) is 14.2 Å². The van der Waals surface area contributed by atoms with Crippen LogP contribution in [-0.2, 0) is 4.79 Å². The van der Waals surface area contributed by atoms with Crippen molar-refractivity contribution in [2.45, 2.75) is 58.9 Å². The van der Waals surface area contributed by atoms with Crippen molar-refractivity contribution < 1.29 is 9.53 Å². The van der Waals surface area contributed by atoms with Crippen molar-refractivity contribution in [3.8, 4) is 11.4 Å².